The molecule has 1 aliphatic carbocycles. The molecule has 0 spiro atoms. The van der Waals surface area contributed by atoms with Crippen LogP contribution in [0.5, 0.6) is 0 Å². The van der Waals surface area contributed by atoms with Crippen molar-refractivity contribution in [1.29, 1.82) is 5.26 Å². The van der Waals surface area contributed by atoms with Crippen molar-refractivity contribution in [3.8, 4) is 6.07 Å². The maximum Gasteiger partial charge on any atom is 0.257 e. The van der Waals surface area contributed by atoms with Crippen LogP contribution in [-0.4, -0.2) is 23.4 Å². The molecule has 0 atom stereocenters. The summed E-state index contributed by atoms with van der Waals surface area (Å²) in [6.45, 7) is 2.02. The van der Waals surface area contributed by atoms with E-state index in [9.17, 15) is 9.18 Å². The predicted octanol–water partition coefficient (Wildman–Crippen LogP) is 2.65. The van der Waals surface area contributed by atoms with Gasteiger partial charge in [0.05, 0.1) is 18.1 Å². The maximum atomic E-state index is 13.9. The molecular formula is C14H15FN2O. The fraction of sp³-hybridized carbons (Fsp3) is 0.429. The smallest absolute Gasteiger partial charge is 0.257 e. The fourth-order valence-corrected chi connectivity index (χ4v) is 1.97. The van der Waals surface area contributed by atoms with E-state index in [4.69, 9.17) is 5.26 Å². The second-order valence-electron chi connectivity index (χ2n) is 4.57. The molecular weight excluding hydrogens is 231 g/mol. The topological polar surface area (TPSA) is 44.1 Å². The fourth-order valence-electron chi connectivity index (χ4n) is 1.97. The van der Waals surface area contributed by atoms with Crippen LogP contribution in [0.25, 0.3) is 0 Å². The Morgan fingerprint density at radius 3 is 2.89 bits per heavy atom. The highest BCUT2D eigenvalue weighted by Gasteiger charge is 2.33. The van der Waals surface area contributed by atoms with Gasteiger partial charge < -0.3 is 4.90 Å². The number of aryl methyl sites for hydroxylation is 1. The van der Waals surface area contributed by atoms with Crippen LogP contribution in [0.4, 0.5) is 4.39 Å². The van der Waals surface area contributed by atoms with Gasteiger partial charge in [0.1, 0.15) is 5.82 Å². The van der Waals surface area contributed by atoms with Crippen LogP contribution in [0.1, 0.15) is 35.2 Å². The number of rotatable bonds is 4. The highest BCUT2D eigenvalue weighted by atomic mass is 19.1. The summed E-state index contributed by atoms with van der Waals surface area (Å²) < 4.78 is 13.9. The zero-order valence-electron chi connectivity index (χ0n) is 10.3. The Balaban J connectivity index is 2.22. The molecule has 1 aromatic carbocycles. The van der Waals surface area contributed by atoms with Gasteiger partial charge in [-0.15, -0.1) is 0 Å². The lowest BCUT2D eigenvalue weighted by Crippen LogP contribution is -2.34. The molecule has 0 N–H and O–H groups in total. The monoisotopic (exact) mass is 246 g/mol. The summed E-state index contributed by atoms with van der Waals surface area (Å²) in [6.07, 6.45) is 2.19. The van der Waals surface area contributed by atoms with Gasteiger partial charge in [0.25, 0.3) is 5.91 Å². The van der Waals surface area contributed by atoms with E-state index < -0.39 is 5.82 Å². The van der Waals surface area contributed by atoms with Gasteiger partial charge >= 0.3 is 0 Å². The third-order valence-corrected chi connectivity index (χ3v) is 3.14. The first-order valence-corrected chi connectivity index (χ1v) is 6.08. The molecule has 18 heavy (non-hydrogen) atoms. The van der Waals surface area contributed by atoms with Crippen LogP contribution < -0.4 is 0 Å². The molecule has 4 heteroatoms. The van der Waals surface area contributed by atoms with Gasteiger partial charge in [0, 0.05) is 12.6 Å². The van der Waals surface area contributed by atoms with Crippen LogP contribution in [0.3, 0.4) is 0 Å². The molecule has 0 bridgehead atoms. The number of benzene rings is 1. The molecule has 0 saturated heterocycles. The average molecular weight is 246 g/mol. The summed E-state index contributed by atoms with van der Waals surface area (Å²) in [5.41, 5.74) is 0.580. The number of halogens is 1. The molecule has 0 radical (unpaired) electrons. The van der Waals surface area contributed by atoms with Gasteiger partial charge in [0.15, 0.2) is 0 Å². The van der Waals surface area contributed by atoms with Crippen molar-refractivity contribution in [2.45, 2.75) is 32.2 Å². The number of hydrogen-bond acceptors (Lipinski definition) is 2. The van der Waals surface area contributed by atoms with Crippen LogP contribution in [0.15, 0.2) is 18.2 Å². The number of nitrogens with zero attached hydrogens (tertiary/aromatic N) is 2. The molecule has 0 unspecified atom stereocenters. The highest BCUT2D eigenvalue weighted by Crippen LogP contribution is 2.29. The summed E-state index contributed by atoms with van der Waals surface area (Å²) in [6, 6.07) is 7.04. The second-order valence-corrected chi connectivity index (χ2v) is 4.57. The zero-order valence-corrected chi connectivity index (χ0v) is 10.3. The summed E-state index contributed by atoms with van der Waals surface area (Å²) >= 11 is 0. The lowest BCUT2D eigenvalue weighted by atomic mass is 10.1. The molecule has 1 aliphatic rings. The summed E-state index contributed by atoms with van der Waals surface area (Å²) in [4.78, 5) is 13.9. The first-order chi connectivity index (χ1) is 8.65. The molecule has 0 aliphatic heterocycles. The van der Waals surface area contributed by atoms with Crippen LogP contribution in [0, 0.1) is 24.1 Å². The third kappa shape index (κ3) is 2.51. The van der Waals surface area contributed by atoms with Crippen LogP contribution >= 0.6 is 0 Å². The van der Waals surface area contributed by atoms with Crippen LogP contribution in [-0.2, 0) is 0 Å². The van der Waals surface area contributed by atoms with E-state index in [-0.39, 0.29) is 23.9 Å². The molecule has 1 amide bonds. The maximum absolute atomic E-state index is 13.9. The van der Waals surface area contributed by atoms with Crippen molar-refractivity contribution < 1.29 is 9.18 Å². The van der Waals surface area contributed by atoms with Gasteiger partial charge in [-0.1, -0.05) is 12.1 Å². The van der Waals surface area contributed by atoms with Crippen molar-refractivity contribution in [3.63, 3.8) is 0 Å². The van der Waals surface area contributed by atoms with Gasteiger partial charge in [-0.25, -0.2) is 4.39 Å². The molecule has 1 saturated carbocycles. The van der Waals surface area contributed by atoms with Gasteiger partial charge in [-0.3, -0.25) is 4.79 Å². The largest absolute Gasteiger partial charge is 0.335 e. The van der Waals surface area contributed by atoms with Crippen LogP contribution in [0.2, 0.25) is 0 Å². The Hall–Kier alpha value is -1.89. The minimum absolute atomic E-state index is 0.111. The minimum atomic E-state index is -0.454. The van der Waals surface area contributed by atoms with E-state index in [1.165, 1.54) is 6.07 Å². The minimum Gasteiger partial charge on any atom is -0.335 e. The molecule has 1 aromatic rings. The lowest BCUT2D eigenvalue weighted by Gasteiger charge is -2.21. The van der Waals surface area contributed by atoms with E-state index in [1.807, 2.05) is 6.07 Å². The average Bonchev–Trinajstić information content (AvgIpc) is 3.17. The quantitative estimate of drug-likeness (QED) is 0.819. The number of hydrogen-bond donors (Lipinski definition) is 0. The molecule has 94 valence electrons. The second kappa shape index (κ2) is 5.18. The van der Waals surface area contributed by atoms with Gasteiger partial charge in [-0.2, -0.15) is 5.26 Å². The number of carbonyl (C=O) groups excluding carboxylic acids is 1. The predicted molar refractivity (Wildman–Crippen MR) is 65.4 cm³/mol. The van der Waals surface area contributed by atoms with Crippen molar-refractivity contribution in [2.75, 3.05) is 6.54 Å². The SMILES string of the molecule is Cc1cccc(C(=O)N(CCC#N)C2CC2)c1F. The first kappa shape index (κ1) is 12.6. The molecule has 0 aromatic heterocycles. The standard InChI is InChI=1S/C14H15FN2O/c1-10-4-2-5-12(13(10)15)14(18)17(9-3-8-16)11-6-7-11/h2,4-5,11H,3,6-7,9H2,1H3. The first-order valence-electron chi connectivity index (χ1n) is 6.08. The van der Waals surface area contributed by atoms with E-state index >= 15 is 0 Å². The zero-order chi connectivity index (χ0) is 13.1. The summed E-state index contributed by atoms with van der Waals surface area (Å²) in [5, 5.41) is 8.61. The van der Waals surface area contributed by atoms with E-state index in [1.54, 1.807) is 24.0 Å². The molecule has 2 rings (SSSR count). The van der Waals surface area contributed by atoms with E-state index in [0.717, 1.165) is 12.8 Å². The Bertz CT molecular complexity index is 503. The van der Waals surface area contributed by atoms with Crippen molar-refractivity contribution in [3.05, 3.63) is 35.1 Å². The Morgan fingerprint density at radius 1 is 1.56 bits per heavy atom. The van der Waals surface area contributed by atoms with Crippen molar-refractivity contribution in [1.82, 2.24) is 4.90 Å². The van der Waals surface area contributed by atoms with Gasteiger partial charge in [0.2, 0.25) is 0 Å². The van der Waals surface area contributed by atoms with Gasteiger partial charge in [-0.05, 0) is 31.4 Å². The third-order valence-electron chi connectivity index (χ3n) is 3.14. The van der Waals surface area contributed by atoms with Crippen molar-refractivity contribution in [2.24, 2.45) is 0 Å². The summed E-state index contributed by atoms with van der Waals surface area (Å²) in [7, 11) is 0. The normalized spacial score (nSPS) is 14.1. The number of nitriles is 1. The number of carbonyl (C=O) groups is 1. The highest BCUT2D eigenvalue weighted by molar-refractivity contribution is 5.95. The molecule has 3 nitrogen and oxygen atoms in total. The Kier molecular flexibility index (Phi) is 3.61. The van der Waals surface area contributed by atoms with E-state index in [0.29, 0.717) is 12.1 Å². The number of amides is 1. The van der Waals surface area contributed by atoms with E-state index in [2.05, 4.69) is 0 Å². The molecule has 0 heterocycles. The Morgan fingerprint density at radius 2 is 2.28 bits per heavy atom. The molecule has 1 fully saturated rings. The Labute approximate surface area is 106 Å². The lowest BCUT2D eigenvalue weighted by molar-refractivity contribution is 0.0742. The van der Waals surface area contributed by atoms with Crippen molar-refractivity contribution >= 4 is 5.91 Å². The summed E-state index contributed by atoms with van der Waals surface area (Å²) in [5.74, 6) is -0.751.